The van der Waals surface area contributed by atoms with E-state index in [1.54, 1.807) is 11.3 Å². The van der Waals surface area contributed by atoms with Crippen LogP contribution in [0.3, 0.4) is 0 Å². The molecular weight excluding hydrogens is 240 g/mol. The largest absolute Gasteiger partial charge is 0.271 e. The van der Waals surface area contributed by atoms with E-state index in [4.69, 9.17) is 5.84 Å². The molecule has 3 heteroatoms. The zero-order valence-electron chi connectivity index (χ0n) is 10.9. The van der Waals surface area contributed by atoms with Gasteiger partial charge in [-0.2, -0.15) is 0 Å². The van der Waals surface area contributed by atoms with Crippen LogP contribution < -0.4 is 11.3 Å². The lowest BCUT2D eigenvalue weighted by Crippen LogP contribution is -2.28. The number of hydrazine groups is 1. The lowest BCUT2D eigenvalue weighted by Gasteiger charge is -2.16. The zero-order chi connectivity index (χ0) is 13.0. The van der Waals surface area contributed by atoms with E-state index in [9.17, 15) is 0 Å². The first-order chi connectivity index (χ1) is 8.70. The molecule has 1 heterocycles. The van der Waals surface area contributed by atoms with E-state index in [-0.39, 0.29) is 6.04 Å². The second kappa shape index (κ2) is 6.14. The van der Waals surface area contributed by atoms with Crippen LogP contribution >= 0.6 is 11.3 Å². The summed E-state index contributed by atoms with van der Waals surface area (Å²) in [6.07, 6.45) is 2.07. The van der Waals surface area contributed by atoms with Crippen LogP contribution in [0.4, 0.5) is 0 Å². The van der Waals surface area contributed by atoms with Crippen molar-refractivity contribution in [2.45, 2.75) is 32.7 Å². The lowest BCUT2D eigenvalue weighted by molar-refractivity contribution is 0.516. The maximum absolute atomic E-state index is 5.68. The third-order valence-electron chi connectivity index (χ3n) is 3.32. The van der Waals surface area contributed by atoms with Gasteiger partial charge in [-0.05, 0) is 49.3 Å². The highest BCUT2D eigenvalue weighted by molar-refractivity contribution is 7.10. The maximum atomic E-state index is 5.68. The minimum absolute atomic E-state index is 0.248. The molecule has 1 aromatic carbocycles. The van der Waals surface area contributed by atoms with Crippen molar-refractivity contribution in [3.63, 3.8) is 0 Å². The molecule has 0 fully saturated rings. The normalized spacial score (nSPS) is 12.6. The summed E-state index contributed by atoms with van der Waals surface area (Å²) < 4.78 is 0. The van der Waals surface area contributed by atoms with Gasteiger partial charge in [0.2, 0.25) is 0 Å². The molecule has 0 saturated carbocycles. The van der Waals surface area contributed by atoms with Crippen LogP contribution in [-0.4, -0.2) is 0 Å². The van der Waals surface area contributed by atoms with E-state index in [1.165, 1.54) is 21.6 Å². The summed E-state index contributed by atoms with van der Waals surface area (Å²) in [7, 11) is 0. The highest BCUT2D eigenvalue weighted by Crippen LogP contribution is 2.25. The third-order valence-corrected chi connectivity index (χ3v) is 4.18. The summed E-state index contributed by atoms with van der Waals surface area (Å²) in [5, 5.41) is 2.13. The first-order valence-electron chi connectivity index (χ1n) is 6.26. The molecule has 0 aliphatic heterocycles. The second-order valence-corrected chi connectivity index (χ2v) is 5.80. The molecule has 0 spiro atoms. The van der Waals surface area contributed by atoms with Gasteiger partial charge in [-0.25, -0.2) is 0 Å². The van der Waals surface area contributed by atoms with Crippen molar-refractivity contribution in [1.29, 1.82) is 0 Å². The van der Waals surface area contributed by atoms with E-state index in [2.05, 4.69) is 55.0 Å². The van der Waals surface area contributed by atoms with Crippen molar-refractivity contribution in [2.75, 3.05) is 0 Å². The van der Waals surface area contributed by atoms with Crippen LogP contribution in [0, 0.1) is 13.8 Å². The molecule has 0 aliphatic rings. The Kier molecular flexibility index (Phi) is 4.53. The molecule has 0 amide bonds. The first-order valence-corrected chi connectivity index (χ1v) is 7.14. The topological polar surface area (TPSA) is 38.0 Å². The number of thiophene rings is 1. The van der Waals surface area contributed by atoms with Crippen molar-refractivity contribution in [1.82, 2.24) is 5.43 Å². The summed E-state index contributed by atoms with van der Waals surface area (Å²) in [6.45, 7) is 4.26. The smallest absolute Gasteiger partial charge is 0.0474 e. The van der Waals surface area contributed by atoms with E-state index in [0.29, 0.717) is 0 Å². The molecule has 96 valence electrons. The molecule has 0 radical (unpaired) electrons. The van der Waals surface area contributed by atoms with Crippen LogP contribution in [0.15, 0.2) is 35.7 Å². The van der Waals surface area contributed by atoms with E-state index >= 15 is 0 Å². The highest BCUT2D eigenvalue weighted by Gasteiger charge is 2.12. The van der Waals surface area contributed by atoms with Gasteiger partial charge in [0.1, 0.15) is 0 Å². The number of nitrogens with one attached hydrogen (secondary N) is 1. The number of nitrogens with two attached hydrogens (primary N) is 1. The average molecular weight is 260 g/mol. The predicted octanol–water partition coefficient (Wildman–Crippen LogP) is 3.50. The molecule has 1 aromatic heterocycles. The fourth-order valence-electron chi connectivity index (χ4n) is 2.15. The van der Waals surface area contributed by atoms with Gasteiger partial charge in [-0.3, -0.25) is 11.3 Å². The molecule has 2 nitrogen and oxygen atoms in total. The fraction of sp³-hybridized carbons (Fsp3) is 0.333. The third kappa shape index (κ3) is 3.19. The van der Waals surface area contributed by atoms with Crippen molar-refractivity contribution >= 4 is 11.3 Å². The molecule has 2 aromatic rings. The van der Waals surface area contributed by atoms with Gasteiger partial charge in [0, 0.05) is 10.9 Å². The Morgan fingerprint density at radius 3 is 2.44 bits per heavy atom. The molecule has 0 saturated heterocycles. The number of aryl methyl sites for hydroxylation is 3. The van der Waals surface area contributed by atoms with Crippen LogP contribution in [-0.2, 0) is 6.42 Å². The molecule has 0 bridgehead atoms. The van der Waals surface area contributed by atoms with Gasteiger partial charge in [0.05, 0.1) is 0 Å². The van der Waals surface area contributed by atoms with Crippen LogP contribution in [0.5, 0.6) is 0 Å². The summed E-state index contributed by atoms with van der Waals surface area (Å²) in [5.74, 6) is 5.68. The Balaban J connectivity index is 2.00. The highest BCUT2D eigenvalue weighted by atomic mass is 32.1. The zero-order valence-corrected chi connectivity index (χ0v) is 11.8. The van der Waals surface area contributed by atoms with Gasteiger partial charge in [-0.15, -0.1) is 11.3 Å². The van der Waals surface area contributed by atoms with Crippen molar-refractivity contribution in [3.8, 4) is 0 Å². The van der Waals surface area contributed by atoms with E-state index in [0.717, 1.165) is 12.8 Å². The van der Waals surface area contributed by atoms with E-state index in [1.807, 2.05) is 0 Å². The molecule has 1 unspecified atom stereocenters. The number of benzene rings is 1. The number of hydrogen-bond acceptors (Lipinski definition) is 3. The minimum Gasteiger partial charge on any atom is -0.271 e. The predicted molar refractivity (Wildman–Crippen MR) is 78.6 cm³/mol. The Labute approximate surface area is 113 Å². The van der Waals surface area contributed by atoms with Crippen LogP contribution in [0.1, 0.15) is 34.0 Å². The van der Waals surface area contributed by atoms with Crippen LogP contribution in [0.25, 0.3) is 0 Å². The maximum Gasteiger partial charge on any atom is 0.0474 e. The summed E-state index contributed by atoms with van der Waals surface area (Å²) in [6, 6.07) is 11.1. The van der Waals surface area contributed by atoms with Gasteiger partial charge < -0.3 is 0 Å². The monoisotopic (exact) mass is 260 g/mol. The quantitative estimate of drug-likeness (QED) is 0.638. The Morgan fingerprint density at radius 2 is 1.89 bits per heavy atom. The van der Waals surface area contributed by atoms with Gasteiger partial charge in [0.25, 0.3) is 0 Å². The lowest BCUT2D eigenvalue weighted by atomic mass is 9.99. The molecule has 3 N–H and O–H groups in total. The molecule has 0 aliphatic carbocycles. The Morgan fingerprint density at radius 1 is 1.17 bits per heavy atom. The fourth-order valence-corrected chi connectivity index (χ4v) is 2.92. The van der Waals surface area contributed by atoms with E-state index < -0.39 is 0 Å². The summed E-state index contributed by atoms with van der Waals surface area (Å²) in [4.78, 5) is 1.35. The van der Waals surface area contributed by atoms with Crippen molar-refractivity contribution < 1.29 is 0 Å². The summed E-state index contributed by atoms with van der Waals surface area (Å²) >= 11 is 1.78. The van der Waals surface area contributed by atoms with Gasteiger partial charge in [-0.1, -0.05) is 29.8 Å². The van der Waals surface area contributed by atoms with Crippen molar-refractivity contribution in [2.24, 2.45) is 5.84 Å². The standard InChI is InChI=1S/C15H20N2S/c1-11-3-5-13(6-4-11)7-8-15(17-16)14-9-10-18-12(14)2/h3-6,9-10,15,17H,7-8,16H2,1-2H3. The Hall–Kier alpha value is -1.16. The van der Waals surface area contributed by atoms with Gasteiger partial charge in [0.15, 0.2) is 0 Å². The minimum atomic E-state index is 0.248. The molecule has 2 rings (SSSR count). The molecular formula is C15H20N2S. The molecule has 1 atom stereocenters. The van der Waals surface area contributed by atoms with Gasteiger partial charge >= 0.3 is 0 Å². The number of hydrogen-bond donors (Lipinski definition) is 2. The average Bonchev–Trinajstić information content (AvgIpc) is 2.79. The number of rotatable bonds is 5. The summed E-state index contributed by atoms with van der Waals surface area (Å²) in [5.41, 5.74) is 6.94. The SMILES string of the molecule is Cc1ccc(CCC(NN)c2ccsc2C)cc1. The second-order valence-electron chi connectivity index (χ2n) is 4.68. The Bertz CT molecular complexity index is 487. The van der Waals surface area contributed by atoms with Crippen LogP contribution in [0.2, 0.25) is 0 Å². The van der Waals surface area contributed by atoms with Crippen molar-refractivity contribution in [3.05, 3.63) is 57.3 Å². The first kappa shape index (κ1) is 13.3. The molecule has 18 heavy (non-hydrogen) atoms.